The molecule has 2 aromatic rings. The lowest BCUT2D eigenvalue weighted by molar-refractivity contribution is -0.134. The molecule has 7 heteroatoms. The zero-order valence-electron chi connectivity index (χ0n) is 21.8. The molecular formula is C29H39N3O4. The highest BCUT2D eigenvalue weighted by Crippen LogP contribution is 2.33. The predicted octanol–water partition coefficient (Wildman–Crippen LogP) is 4.99. The van der Waals surface area contributed by atoms with E-state index in [4.69, 9.17) is 9.47 Å². The highest BCUT2D eigenvalue weighted by Gasteiger charge is 2.33. The molecule has 1 aliphatic carbocycles. The van der Waals surface area contributed by atoms with Crippen molar-refractivity contribution in [2.45, 2.75) is 64.3 Å². The number of likely N-dealkylation sites (N-methyl/N-ethyl adjacent to an activating group) is 1. The van der Waals surface area contributed by atoms with Gasteiger partial charge < -0.3 is 14.8 Å². The van der Waals surface area contributed by atoms with Crippen LogP contribution < -0.4 is 19.8 Å². The van der Waals surface area contributed by atoms with Gasteiger partial charge in [0, 0.05) is 18.7 Å². The summed E-state index contributed by atoms with van der Waals surface area (Å²) in [6, 6.07) is 12.5. The standard InChI is InChI=1S/C29H39N3O4/c1-4-31(32-18-17-22-19-25(36-3)14-16-27(22)32)29(34)26(15-13-21-9-6-5-7-10-21)30-28(33)23-11-8-12-24(20-23)35-2/h8,11-12,14,16,19-21,26H,4-7,9-10,13,15,17-18H2,1-3H3,(H,30,33). The number of hydrogen-bond acceptors (Lipinski definition) is 5. The van der Waals surface area contributed by atoms with E-state index in [1.807, 2.05) is 25.1 Å². The summed E-state index contributed by atoms with van der Waals surface area (Å²) in [4.78, 5) is 27.2. The van der Waals surface area contributed by atoms with Gasteiger partial charge in [-0.25, -0.2) is 0 Å². The van der Waals surface area contributed by atoms with Crippen molar-refractivity contribution in [3.8, 4) is 11.5 Å². The van der Waals surface area contributed by atoms with Crippen molar-refractivity contribution >= 4 is 17.5 Å². The first kappa shape index (κ1) is 25.9. The largest absolute Gasteiger partial charge is 0.497 e. The Morgan fingerprint density at radius 1 is 1.06 bits per heavy atom. The van der Waals surface area contributed by atoms with Crippen LogP contribution in [0.1, 0.15) is 67.8 Å². The molecule has 1 atom stereocenters. The summed E-state index contributed by atoms with van der Waals surface area (Å²) in [5, 5.41) is 6.93. The van der Waals surface area contributed by atoms with Gasteiger partial charge in [0.15, 0.2) is 0 Å². The van der Waals surface area contributed by atoms with Gasteiger partial charge in [-0.05, 0) is 74.1 Å². The number of benzene rings is 2. The molecule has 0 spiro atoms. The van der Waals surface area contributed by atoms with E-state index in [9.17, 15) is 9.59 Å². The van der Waals surface area contributed by atoms with Crippen molar-refractivity contribution in [1.29, 1.82) is 0 Å². The second-order valence-electron chi connectivity index (χ2n) is 9.76. The molecule has 1 N–H and O–H groups in total. The third kappa shape index (κ3) is 5.94. The minimum absolute atomic E-state index is 0.0618. The molecule has 0 saturated heterocycles. The first-order chi connectivity index (χ1) is 17.5. The average Bonchev–Trinajstić information content (AvgIpc) is 3.34. The van der Waals surface area contributed by atoms with Crippen molar-refractivity contribution in [1.82, 2.24) is 10.3 Å². The topological polar surface area (TPSA) is 71.1 Å². The van der Waals surface area contributed by atoms with E-state index in [1.165, 1.54) is 37.7 Å². The van der Waals surface area contributed by atoms with Crippen LogP contribution in [0, 0.1) is 5.92 Å². The number of hydrogen-bond donors (Lipinski definition) is 1. The number of fused-ring (bicyclic) bond motifs is 1. The quantitative estimate of drug-likeness (QED) is 0.505. The number of amides is 2. The van der Waals surface area contributed by atoms with Gasteiger partial charge in [-0.15, -0.1) is 0 Å². The maximum Gasteiger partial charge on any atom is 0.263 e. The lowest BCUT2D eigenvalue weighted by Gasteiger charge is -2.36. The van der Waals surface area contributed by atoms with Gasteiger partial charge in [-0.2, -0.15) is 0 Å². The van der Waals surface area contributed by atoms with Gasteiger partial charge in [0.2, 0.25) is 0 Å². The molecule has 36 heavy (non-hydrogen) atoms. The van der Waals surface area contributed by atoms with E-state index in [0.717, 1.165) is 30.8 Å². The Morgan fingerprint density at radius 3 is 2.53 bits per heavy atom. The maximum atomic E-state index is 14.0. The number of nitrogens with one attached hydrogen (secondary N) is 1. The fourth-order valence-corrected chi connectivity index (χ4v) is 5.51. The second kappa shape index (κ2) is 12.2. The van der Waals surface area contributed by atoms with E-state index in [0.29, 0.717) is 30.2 Å². The highest BCUT2D eigenvalue weighted by atomic mass is 16.5. The minimum Gasteiger partial charge on any atom is -0.497 e. The van der Waals surface area contributed by atoms with Crippen molar-refractivity contribution in [2.75, 3.05) is 32.3 Å². The van der Waals surface area contributed by atoms with E-state index in [2.05, 4.69) is 10.3 Å². The Labute approximate surface area is 214 Å². The van der Waals surface area contributed by atoms with Crippen molar-refractivity contribution in [3.05, 3.63) is 53.6 Å². The lowest BCUT2D eigenvalue weighted by Crippen LogP contribution is -2.54. The number of ether oxygens (including phenoxy) is 2. The summed E-state index contributed by atoms with van der Waals surface area (Å²) in [6.45, 7) is 3.24. The van der Waals surface area contributed by atoms with Crippen LogP contribution in [0.25, 0.3) is 0 Å². The molecule has 1 heterocycles. The molecular weight excluding hydrogens is 454 g/mol. The van der Waals surface area contributed by atoms with Gasteiger partial charge in [0.05, 0.1) is 19.9 Å². The summed E-state index contributed by atoms with van der Waals surface area (Å²) >= 11 is 0. The number of methoxy groups -OCH3 is 2. The predicted molar refractivity (Wildman–Crippen MR) is 141 cm³/mol. The van der Waals surface area contributed by atoms with Crippen LogP contribution in [-0.4, -0.2) is 50.2 Å². The Balaban J connectivity index is 1.54. The van der Waals surface area contributed by atoms with E-state index in [-0.39, 0.29) is 11.8 Å². The molecule has 1 aliphatic heterocycles. The Bertz CT molecular complexity index is 1050. The second-order valence-corrected chi connectivity index (χ2v) is 9.76. The molecule has 2 aromatic carbocycles. The molecule has 0 radical (unpaired) electrons. The summed E-state index contributed by atoms with van der Waals surface area (Å²) in [5.41, 5.74) is 2.68. The smallest absolute Gasteiger partial charge is 0.263 e. The molecule has 1 fully saturated rings. The molecule has 194 valence electrons. The molecule has 0 aromatic heterocycles. The summed E-state index contributed by atoms with van der Waals surface area (Å²) in [6.07, 6.45) is 8.67. The van der Waals surface area contributed by atoms with Crippen LogP contribution in [0.5, 0.6) is 11.5 Å². The molecule has 1 saturated carbocycles. The van der Waals surface area contributed by atoms with Crippen molar-refractivity contribution in [3.63, 3.8) is 0 Å². The molecule has 0 bridgehead atoms. The number of anilines is 1. The number of carbonyl (C=O) groups excluding carboxylic acids is 2. The zero-order chi connectivity index (χ0) is 25.5. The molecule has 4 rings (SSSR count). The highest BCUT2D eigenvalue weighted by molar-refractivity contribution is 5.98. The van der Waals surface area contributed by atoms with E-state index < -0.39 is 6.04 Å². The number of hydrazine groups is 1. The molecule has 2 amide bonds. The van der Waals surface area contributed by atoms with Crippen molar-refractivity contribution in [2.24, 2.45) is 5.92 Å². The van der Waals surface area contributed by atoms with Gasteiger partial charge in [-0.1, -0.05) is 38.2 Å². The summed E-state index contributed by atoms with van der Waals surface area (Å²) < 4.78 is 10.7. The van der Waals surface area contributed by atoms with Gasteiger partial charge in [0.1, 0.15) is 17.5 Å². The van der Waals surface area contributed by atoms with Gasteiger partial charge in [0.25, 0.3) is 11.8 Å². The van der Waals surface area contributed by atoms with Crippen LogP contribution in [0.3, 0.4) is 0 Å². The third-order valence-corrected chi connectivity index (χ3v) is 7.53. The third-order valence-electron chi connectivity index (χ3n) is 7.53. The maximum absolute atomic E-state index is 14.0. The minimum atomic E-state index is -0.590. The molecule has 7 nitrogen and oxygen atoms in total. The van der Waals surface area contributed by atoms with Crippen LogP contribution in [0.2, 0.25) is 0 Å². The zero-order valence-corrected chi connectivity index (χ0v) is 21.8. The van der Waals surface area contributed by atoms with Crippen LogP contribution in [0.4, 0.5) is 5.69 Å². The van der Waals surface area contributed by atoms with Crippen LogP contribution >= 0.6 is 0 Å². The number of carbonyl (C=O) groups is 2. The van der Waals surface area contributed by atoms with Crippen molar-refractivity contribution < 1.29 is 19.1 Å². The SMILES string of the molecule is CCN(C(=O)C(CCC1CCCCC1)NC(=O)c1cccc(OC)c1)N1CCc2cc(OC)ccc21. The summed E-state index contributed by atoms with van der Waals surface area (Å²) in [5.74, 6) is 1.75. The van der Waals surface area contributed by atoms with E-state index in [1.54, 1.807) is 43.5 Å². The first-order valence-electron chi connectivity index (χ1n) is 13.2. The van der Waals surface area contributed by atoms with Gasteiger partial charge in [-0.3, -0.25) is 19.6 Å². The van der Waals surface area contributed by atoms with Gasteiger partial charge >= 0.3 is 0 Å². The first-order valence-corrected chi connectivity index (χ1v) is 13.2. The average molecular weight is 494 g/mol. The Morgan fingerprint density at radius 2 is 1.81 bits per heavy atom. The van der Waals surface area contributed by atoms with Crippen LogP contribution in [0.15, 0.2) is 42.5 Å². The lowest BCUT2D eigenvalue weighted by atomic mass is 9.85. The summed E-state index contributed by atoms with van der Waals surface area (Å²) in [7, 11) is 3.24. The van der Waals surface area contributed by atoms with E-state index >= 15 is 0 Å². The fraction of sp³-hybridized carbons (Fsp3) is 0.517. The fourth-order valence-electron chi connectivity index (χ4n) is 5.51. The molecule has 1 unspecified atom stereocenters. The Hall–Kier alpha value is -3.22. The Kier molecular flexibility index (Phi) is 8.73. The normalized spacial score (nSPS) is 16.2. The van der Waals surface area contributed by atoms with Crippen LogP contribution in [-0.2, 0) is 11.2 Å². The molecule has 2 aliphatic rings. The monoisotopic (exact) mass is 493 g/mol. The number of rotatable bonds is 10. The number of nitrogens with zero attached hydrogens (tertiary/aromatic N) is 2.